The van der Waals surface area contributed by atoms with Crippen molar-refractivity contribution in [3.63, 3.8) is 0 Å². The maximum atomic E-state index is 11.0. The molecule has 0 aromatic heterocycles. The van der Waals surface area contributed by atoms with E-state index in [9.17, 15) is 4.21 Å². The fraction of sp³-hybridized carbons (Fsp3) is 0. The van der Waals surface area contributed by atoms with Gasteiger partial charge in [-0.3, -0.25) is 0 Å². The van der Waals surface area contributed by atoms with Gasteiger partial charge in [0.05, 0.1) is 10.8 Å². The number of hydrogen-bond acceptors (Lipinski definition) is 1. The van der Waals surface area contributed by atoms with Crippen molar-refractivity contribution in [2.45, 2.75) is 4.90 Å². The molecular formula is C16H16OS. The van der Waals surface area contributed by atoms with Crippen LogP contribution in [0.1, 0.15) is 5.56 Å². The van der Waals surface area contributed by atoms with Crippen molar-refractivity contribution in [3.8, 4) is 0 Å². The van der Waals surface area contributed by atoms with Crippen molar-refractivity contribution in [1.82, 2.24) is 0 Å². The minimum Gasteiger partial charge on any atom is -0.250 e. The van der Waals surface area contributed by atoms with Crippen molar-refractivity contribution < 1.29 is 4.21 Å². The second-order valence-electron chi connectivity index (χ2n) is 3.39. The topological polar surface area (TPSA) is 17.1 Å². The Bertz CT molecular complexity index is 503. The van der Waals surface area contributed by atoms with E-state index in [1.807, 2.05) is 66.7 Å². The molecule has 0 aliphatic carbocycles. The Morgan fingerprint density at radius 3 is 1.72 bits per heavy atom. The molecule has 2 heteroatoms. The van der Waals surface area contributed by atoms with Crippen LogP contribution in [0.5, 0.6) is 0 Å². The van der Waals surface area contributed by atoms with Crippen LogP contribution in [-0.4, -0.2) is 4.21 Å². The lowest BCUT2D eigenvalue weighted by atomic mass is 10.2. The summed E-state index contributed by atoms with van der Waals surface area (Å²) >= 11 is 0. The Morgan fingerprint density at radius 2 is 1.33 bits per heavy atom. The van der Waals surface area contributed by atoms with Crippen LogP contribution in [0.3, 0.4) is 0 Å². The highest BCUT2D eigenvalue weighted by molar-refractivity contribution is 7.88. The first-order chi connectivity index (χ1) is 8.77. The second-order valence-corrected chi connectivity index (χ2v) is 4.79. The average molecular weight is 256 g/mol. The molecule has 2 rings (SSSR count). The van der Waals surface area contributed by atoms with E-state index in [4.69, 9.17) is 0 Å². The zero-order chi connectivity index (χ0) is 13.2. The van der Waals surface area contributed by atoms with Crippen LogP contribution in [0.4, 0.5) is 0 Å². The minimum absolute atomic E-state index is 0.803. The summed E-state index contributed by atoms with van der Waals surface area (Å²) in [5, 5.41) is 1.43. The SMILES string of the molecule is C=CS(=O)c1ccccc1.C=Cc1ccccc1. The third-order valence-corrected chi connectivity index (χ3v) is 3.20. The number of rotatable bonds is 3. The fourth-order valence-electron chi connectivity index (χ4n) is 1.24. The van der Waals surface area contributed by atoms with Gasteiger partial charge in [-0.25, -0.2) is 4.21 Å². The summed E-state index contributed by atoms with van der Waals surface area (Å²) in [4.78, 5) is 0.803. The predicted octanol–water partition coefficient (Wildman–Crippen LogP) is 4.27. The zero-order valence-electron chi connectivity index (χ0n) is 10.2. The van der Waals surface area contributed by atoms with E-state index in [0.717, 1.165) is 4.90 Å². The third kappa shape index (κ3) is 4.93. The Labute approximate surface area is 111 Å². The molecule has 0 aliphatic heterocycles. The largest absolute Gasteiger partial charge is 0.250 e. The van der Waals surface area contributed by atoms with Gasteiger partial charge in [-0.1, -0.05) is 67.8 Å². The molecule has 0 aliphatic rings. The molecule has 0 bridgehead atoms. The Kier molecular flexibility index (Phi) is 6.44. The molecular weight excluding hydrogens is 240 g/mol. The van der Waals surface area contributed by atoms with Crippen LogP contribution >= 0.6 is 0 Å². The van der Waals surface area contributed by atoms with E-state index in [0.29, 0.717) is 0 Å². The quantitative estimate of drug-likeness (QED) is 0.801. The Morgan fingerprint density at radius 1 is 0.833 bits per heavy atom. The van der Waals surface area contributed by atoms with E-state index in [1.54, 1.807) is 0 Å². The predicted molar refractivity (Wildman–Crippen MR) is 79.6 cm³/mol. The molecule has 1 nitrogen and oxygen atoms in total. The molecule has 0 saturated carbocycles. The molecule has 0 radical (unpaired) electrons. The van der Waals surface area contributed by atoms with Crippen LogP contribution in [-0.2, 0) is 10.8 Å². The molecule has 0 fully saturated rings. The van der Waals surface area contributed by atoms with E-state index in [-0.39, 0.29) is 0 Å². The maximum Gasteiger partial charge on any atom is 0.0769 e. The lowest BCUT2D eigenvalue weighted by Crippen LogP contribution is -1.82. The molecule has 0 saturated heterocycles. The van der Waals surface area contributed by atoms with Crippen molar-refractivity contribution in [3.05, 3.63) is 84.8 Å². The van der Waals surface area contributed by atoms with Gasteiger partial charge in [0.2, 0.25) is 0 Å². The van der Waals surface area contributed by atoms with Gasteiger partial charge in [0.15, 0.2) is 0 Å². The van der Waals surface area contributed by atoms with Crippen LogP contribution in [0.15, 0.2) is 84.1 Å². The van der Waals surface area contributed by atoms with E-state index in [2.05, 4.69) is 13.2 Å². The second kappa shape index (κ2) is 8.20. The first-order valence-electron chi connectivity index (χ1n) is 5.53. The highest BCUT2D eigenvalue weighted by atomic mass is 32.2. The van der Waals surface area contributed by atoms with Gasteiger partial charge in [-0.05, 0) is 17.7 Å². The van der Waals surface area contributed by atoms with Gasteiger partial charge < -0.3 is 0 Å². The first kappa shape index (κ1) is 14.1. The fourth-order valence-corrected chi connectivity index (χ4v) is 1.86. The Hall–Kier alpha value is -1.93. The lowest BCUT2D eigenvalue weighted by Gasteiger charge is -1.92. The van der Waals surface area contributed by atoms with E-state index >= 15 is 0 Å². The third-order valence-electron chi connectivity index (χ3n) is 2.16. The monoisotopic (exact) mass is 256 g/mol. The molecule has 92 valence electrons. The van der Waals surface area contributed by atoms with Crippen LogP contribution in [0.25, 0.3) is 6.08 Å². The van der Waals surface area contributed by atoms with Gasteiger partial charge in [-0.2, -0.15) is 0 Å². The van der Waals surface area contributed by atoms with Gasteiger partial charge in [0.25, 0.3) is 0 Å². The average Bonchev–Trinajstić information content (AvgIpc) is 2.49. The molecule has 2 aromatic carbocycles. The van der Waals surface area contributed by atoms with Gasteiger partial charge in [0.1, 0.15) is 0 Å². The zero-order valence-corrected chi connectivity index (χ0v) is 11.0. The molecule has 0 heterocycles. The summed E-state index contributed by atoms with van der Waals surface area (Å²) in [5.74, 6) is 0. The van der Waals surface area contributed by atoms with Crippen LogP contribution < -0.4 is 0 Å². The summed E-state index contributed by atoms with van der Waals surface area (Å²) in [7, 11) is -1.03. The lowest BCUT2D eigenvalue weighted by molar-refractivity contribution is 0.688. The van der Waals surface area contributed by atoms with Crippen molar-refractivity contribution in [2.24, 2.45) is 0 Å². The highest BCUT2D eigenvalue weighted by Gasteiger charge is 1.93. The summed E-state index contributed by atoms with van der Waals surface area (Å²) < 4.78 is 11.0. The summed E-state index contributed by atoms with van der Waals surface area (Å²) in [6, 6.07) is 19.3. The normalized spacial score (nSPS) is 10.7. The molecule has 0 N–H and O–H groups in total. The maximum absolute atomic E-state index is 11.0. The molecule has 1 unspecified atom stereocenters. The van der Waals surface area contributed by atoms with E-state index in [1.165, 1.54) is 11.0 Å². The van der Waals surface area contributed by atoms with E-state index < -0.39 is 10.8 Å². The highest BCUT2D eigenvalue weighted by Crippen LogP contribution is 2.04. The van der Waals surface area contributed by atoms with Gasteiger partial charge >= 0.3 is 0 Å². The van der Waals surface area contributed by atoms with Crippen LogP contribution in [0, 0.1) is 0 Å². The molecule has 0 spiro atoms. The number of benzene rings is 2. The first-order valence-corrected chi connectivity index (χ1v) is 6.75. The number of hydrogen-bond donors (Lipinski definition) is 0. The Balaban J connectivity index is 0.000000184. The molecule has 1 atom stereocenters. The van der Waals surface area contributed by atoms with Gasteiger partial charge in [0, 0.05) is 10.3 Å². The minimum atomic E-state index is -1.03. The van der Waals surface area contributed by atoms with Crippen LogP contribution in [0.2, 0.25) is 0 Å². The molecule has 0 amide bonds. The summed E-state index contributed by atoms with van der Waals surface area (Å²) in [5.41, 5.74) is 1.17. The molecule has 18 heavy (non-hydrogen) atoms. The molecule has 2 aromatic rings. The van der Waals surface area contributed by atoms with Crippen molar-refractivity contribution in [2.75, 3.05) is 0 Å². The van der Waals surface area contributed by atoms with Crippen molar-refractivity contribution in [1.29, 1.82) is 0 Å². The van der Waals surface area contributed by atoms with Crippen molar-refractivity contribution >= 4 is 16.9 Å². The summed E-state index contributed by atoms with van der Waals surface area (Å²) in [6.45, 7) is 7.07. The van der Waals surface area contributed by atoms with Gasteiger partial charge in [-0.15, -0.1) is 0 Å². The summed E-state index contributed by atoms with van der Waals surface area (Å²) in [6.07, 6.45) is 1.83. The smallest absolute Gasteiger partial charge is 0.0769 e. The standard InChI is InChI=1S/C8H8OS.C8H8/c1-2-10(9)8-6-4-3-5-7-8;1-2-8-6-4-3-5-7-8/h2-7H,1H2;2-7H,1H2.